The number of H-pyrrole nitrogens is 1. The van der Waals surface area contributed by atoms with Crippen LogP contribution in [0.15, 0.2) is 59.8 Å². The zero-order valence-corrected chi connectivity index (χ0v) is 18.7. The summed E-state index contributed by atoms with van der Waals surface area (Å²) in [7, 11) is 0. The fourth-order valence-corrected chi connectivity index (χ4v) is 4.10. The Bertz CT molecular complexity index is 1260. The van der Waals surface area contributed by atoms with Gasteiger partial charge in [-0.15, -0.1) is 0 Å². The van der Waals surface area contributed by atoms with Crippen LogP contribution in [0, 0.1) is 4.77 Å². The van der Waals surface area contributed by atoms with Gasteiger partial charge in [0.1, 0.15) is 18.2 Å². The lowest BCUT2D eigenvalue weighted by atomic mass is 9.82. The Kier molecular flexibility index (Phi) is 6.00. The zero-order chi connectivity index (χ0) is 22.1. The average molecular weight is 473 g/mol. The van der Waals surface area contributed by atoms with E-state index in [0.29, 0.717) is 38.5 Å². The molecule has 2 heterocycles. The van der Waals surface area contributed by atoms with E-state index in [9.17, 15) is 4.79 Å². The molecule has 0 spiro atoms. The second-order valence-corrected chi connectivity index (χ2v) is 8.25. The van der Waals surface area contributed by atoms with Crippen LogP contribution < -0.4 is 11.1 Å². The Morgan fingerprint density at radius 2 is 1.94 bits per heavy atom. The van der Waals surface area contributed by atoms with Crippen LogP contribution in [0.4, 0.5) is 11.6 Å². The maximum absolute atomic E-state index is 13.2. The highest BCUT2D eigenvalue weighted by molar-refractivity contribution is 7.71. The number of allylic oxidation sites excluding steroid dienone is 1. The van der Waals surface area contributed by atoms with Gasteiger partial charge in [-0.3, -0.25) is 0 Å². The number of hydrogen-bond acceptors (Lipinski definition) is 6. The summed E-state index contributed by atoms with van der Waals surface area (Å²) < 4.78 is 5.87. The van der Waals surface area contributed by atoms with Gasteiger partial charge in [-0.05, 0) is 42.4 Å². The van der Waals surface area contributed by atoms with Gasteiger partial charge in [-0.25, -0.2) is 9.78 Å². The first-order valence-corrected chi connectivity index (χ1v) is 10.5. The summed E-state index contributed by atoms with van der Waals surface area (Å²) in [5, 5.41) is 3.91. The number of nitrogen functional groups attached to an aromatic ring is 1. The minimum Gasteiger partial charge on any atom is -0.457 e. The van der Waals surface area contributed by atoms with Crippen LogP contribution in [0.3, 0.4) is 0 Å². The minimum absolute atomic E-state index is 0.141. The van der Waals surface area contributed by atoms with Gasteiger partial charge in [-0.2, -0.15) is 0 Å². The van der Waals surface area contributed by atoms with E-state index < -0.39 is 11.9 Å². The first kappa shape index (κ1) is 21.4. The summed E-state index contributed by atoms with van der Waals surface area (Å²) in [5.41, 5.74) is 9.47. The van der Waals surface area contributed by atoms with Gasteiger partial charge in [0.05, 0.1) is 21.5 Å². The molecule has 3 aromatic rings. The molecule has 0 saturated heterocycles. The molecular formula is C22H18Cl2N4O2S. The van der Waals surface area contributed by atoms with Crippen LogP contribution in [-0.2, 0) is 16.1 Å². The van der Waals surface area contributed by atoms with Crippen molar-refractivity contribution in [1.29, 1.82) is 0 Å². The number of aromatic amines is 1. The normalized spacial score (nSPS) is 15.3. The van der Waals surface area contributed by atoms with Crippen molar-refractivity contribution >= 4 is 53.0 Å². The summed E-state index contributed by atoms with van der Waals surface area (Å²) >= 11 is 17.6. The molecule has 2 aromatic carbocycles. The molecular weight excluding hydrogens is 455 g/mol. The Labute approximate surface area is 194 Å². The van der Waals surface area contributed by atoms with Crippen molar-refractivity contribution < 1.29 is 9.53 Å². The first-order valence-electron chi connectivity index (χ1n) is 9.38. The number of anilines is 2. The molecule has 0 fully saturated rings. The lowest BCUT2D eigenvalue weighted by Gasteiger charge is -2.30. The summed E-state index contributed by atoms with van der Waals surface area (Å²) in [6, 6.07) is 14.6. The molecule has 0 radical (unpaired) electrons. The van der Waals surface area contributed by atoms with E-state index in [1.54, 1.807) is 25.1 Å². The van der Waals surface area contributed by atoms with Crippen LogP contribution in [0.25, 0.3) is 0 Å². The van der Waals surface area contributed by atoms with Crippen LogP contribution in [-0.4, -0.2) is 15.9 Å². The van der Waals surface area contributed by atoms with Gasteiger partial charge in [0.15, 0.2) is 4.77 Å². The van der Waals surface area contributed by atoms with Crippen LogP contribution >= 0.6 is 35.4 Å². The number of nitrogens with one attached hydrogen (secondary N) is 2. The summed E-state index contributed by atoms with van der Waals surface area (Å²) in [4.78, 5) is 20.4. The first-order chi connectivity index (χ1) is 14.8. The standard InChI is InChI=1S/C22H18Cl2N4O2S/c1-11-16(21(29)30-10-12-5-3-2-4-6-12)17(13-7-8-14(23)15(24)9-13)18-19(25)27-22(31)28-20(18)26-11/h2-9,17H,10H2,1H3,(H4,25,26,27,28,31). The van der Waals surface area contributed by atoms with Crippen molar-refractivity contribution in [3.63, 3.8) is 0 Å². The highest BCUT2D eigenvalue weighted by Gasteiger charge is 2.36. The summed E-state index contributed by atoms with van der Waals surface area (Å²) in [5.74, 6) is -0.264. The number of hydrogen-bond donors (Lipinski definition) is 3. The molecule has 0 bridgehead atoms. The van der Waals surface area contributed by atoms with E-state index >= 15 is 0 Å². The molecule has 1 aromatic heterocycles. The lowest BCUT2D eigenvalue weighted by Crippen LogP contribution is -2.26. The van der Waals surface area contributed by atoms with Gasteiger partial charge >= 0.3 is 5.97 Å². The number of nitrogens with zero attached hydrogens (tertiary/aromatic N) is 1. The SMILES string of the molecule is CC1=C(C(=O)OCc2ccccc2)C(c2ccc(Cl)c(Cl)c2)c2c(nc(=S)[nH]c2N)N1. The Morgan fingerprint density at radius 1 is 1.19 bits per heavy atom. The Morgan fingerprint density at radius 3 is 2.65 bits per heavy atom. The summed E-state index contributed by atoms with van der Waals surface area (Å²) in [6.45, 7) is 1.92. The zero-order valence-electron chi connectivity index (χ0n) is 16.4. The van der Waals surface area contributed by atoms with E-state index in [4.69, 9.17) is 45.9 Å². The predicted octanol–water partition coefficient (Wildman–Crippen LogP) is 5.60. The van der Waals surface area contributed by atoms with Crippen molar-refractivity contribution in [2.24, 2.45) is 0 Å². The number of benzene rings is 2. The van der Waals surface area contributed by atoms with E-state index in [2.05, 4.69) is 15.3 Å². The van der Waals surface area contributed by atoms with Crippen molar-refractivity contribution in [3.05, 3.63) is 91.3 Å². The highest BCUT2D eigenvalue weighted by Crippen LogP contribution is 2.44. The fraction of sp³-hybridized carbons (Fsp3) is 0.136. The van der Waals surface area contributed by atoms with Crippen molar-refractivity contribution in [1.82, 2.24) is 9.97 Å². The maximum Gasteiger partial charge on any atom is 0.337 e. The third-order valence-electron chi connectivity index (χ3n) is 5.00. The van der Waals surface area contributed by atoms with Gasteiger partial charge in [0.2, 0.25) is 0 Å². The molecule has 0 aliphatic carbocycles. The summed E-state index contributed by atoms with van der Waals surface area (Å²) in [6.07, 6.45) is 0. The van der Waals surface area contributed by atoms with E-state index in [-0.39, 0.29) is 11.4 Å². The molecule has 6 nitrogen and oxygen atoms in total. The van der Waals surface area contributed by atoms with Crippen molar-refractivity contribution in [3.8, 4) is 0 Å². The van der Waals surface area contributed by atoms with Crippen molar-refractivity contribution in [2.45, 2.75) is 19.4 Å². The molecule has 158 valence electrons. The number of fused-ring (bicyclic) bond motifs is 1. The second kappa shape index (κ2) is 8.70. The Hall–Kier alpha value is -2.87. The molecule has 31 heavy (non-hydrogen) atoms. The van der Waals surface area contributed by atoms with Gasteiger partial charge in [0, 0.05) is 11.3 Å². The van der Waals surface area contributed by atoms with E-state index in [1.807, 2.05) is 30.3 Å². The number of carbonyl (C=O) groups excluding carboxylic acids is 1. The molecule has 0 amide bonds. The number of ether oxygens (including phenoxy) is 1. The number of esters is 1. The van der Waals surface area contributed by atoms with Crippen LogP contribution in [0.5, 0.6) is 0 Å². The fourth-order valence-electron chi connectivity index (χ4n) is 3.59. The molecule has 1 atom stereocenters. The van der Waals surface area contributed by atoms with Crippen LogP contribution in [0.2, 0.25) is 10.0 Å². The van der Waals surface area contributed by atoms with E-state index in [0.717, 1.165) is 11.1 Å². The quantitative estimate of drug-likeness (QED) is 0.337. The molecule has 1 aliphatic heterocycles. The molecule has 4 rings (SSSR count). The molecule has 1 unspecified atom stereocenters. The van der Waals surface area contributed by atoms with Crippen LogP contribution in [0.1, 0.15) is 29.5 Å². The largest absolute Gasteiger partial charge is 0.457 e. The topological polar surface area (TPSA) is 93.0 Å². The van der Waals surface area contributed by atoms with Gasteiger partial charge in [-0.1, -0.05) is 59.6 Å². The lowest BCUT2D eigenvalue weighted by molar-refractivity contribution is -0.140. The average Bonchev–Trinajstić information content (AvgIpc) is 2.73. The number of carbonyl (C=O) groups is 1. The molecule has 0 saturated carbocycles. The maximum atomic E-state index is 13.2. The number of rotatable bonds is 4. The minimum atomic E-state index is -0.575. The van der Waals surface area contributed by atoms with E-state index in [1.165, 1.54) is 0 Å². The number of aromatic nitrogens is 2. The molecule has 4 N–H and O–H groups in total. The second-order valence-electron chi connectivity index (χ2n) is 7.05. The number of halogens is 2. The highest BCUT2D eigenvalue weighted by atomic mass is 35.5. The molecule has 9 heteroatoms. The third-order valence-corrected chi connectivity index (χ3v) is 5.93. The molecule has 1 aliphatic rings. The number of nitrogens with two attached hydrogens (primary N) is 1. The van der Waals surface area contributed by atoms with Gasteiger partial charge in [0.25, 0.3) is 0 Å². The third kappa shape index (κ3) is 4.30. The predicted molar refractivity (Wildman–Crippen MR) is 125 cm³/mol. The smallest absolute Gasteiger partial charge is 0.337 e. The van der Waals surface area contributed by atoms with Crippen molar-refractivity contribution in [2.75, 3.05) is 11.1 Å². The monoisotopic (exact) mass is 472 g/mol. The van der Waals surface area contributed by atoms with Gasteiger partial charge < -0.3 is 20.8 Å². The Balaban J connectivity index is 1.80.